The Bertz CT molecular complexity index is 577. The maximum atomic E-state index is 12.7. The Morgan fingerprint density at radius 3 is 1.83 bits per heavy atom. The number of carbonyl (C=O) groups is 5. The van der Waals surface area contributed by atoms with Crippen LogP contribution in [0.3, 0.4) is 0 Å². The standard InChI is InChI=1S/C19H32N2O8/c1-13(2)12-14(19(29)20-10-4-8-17(25)26)21(11-5-9-18(27)28)15(22)6-3-7-16(23)24/h13-14H,3-12H2,1-2H3,(H,20,29)(H,23,24)(H,25,26)(H,27,28). The van der Waals surface area contributed by atoms with E-state index in [-0.39, 0.29) is 64.0 Å². The molecule has 1 atom stereocenters. The quantitative estimate of drug-likeness (QED) is 0.274. The summed E-state index contributed by atoms with van der Waals surface area (Å²) in [7, 11) is 0. The molecular weight excluding hydrogens is 384 g/mol. The van der Waals surface area contributed by atoms with Crippen LogP contribution in [0.2, 0.25) is 0 Å². The SMILES string of the molecule is CC(C)CC(C(=O)NCCCC(=O)O)N(CCCC(=O)O)C(=O)CCCC(=O)O. The fraction of sp³-hybridized carbons (Fsp3) is 0.737. The van der Waals surface area contributed by atoms with Crippen molar-refractivity contribution >= 4 is 29.7 Å². The molecule has 0 rings (SSSR count). The first-order valence-corrected chi connectivity index (χ1v) is 9.77. The molecule has 4 N–H and O–H groups in total. The van der Waals surface area contributed by atoms with Gasteiger partial charge in [-0.3, -0.25) is 24.0 Å². The molecule has 0 fully saturated rings. The fourth-order valence-electron chi connectivity index (χ4n) is 2.78. The van der Waals surface area contributed by atoms with Gasteiger partial charge >= 0.3 is 17.9 Å². The Kier molecular flexibility index (Phi) is 13.0. The van der Waals surface area contributed by atoms with Gasteiger partial charge in [-0.2, -0.15) is 0 Å². The molecule has 0 aromatic carbocycles. The van der Waals surface area contributed by atoms with Crippen LogP contribution < -0.4 is 5.32 Å². The molecule has 0 aromatic heterocycles. The highest BCUT2D eigenvalue weighted by Gasteiger charge is 2.30. The molecule has 0 aliphatic heterocycles. The van der Waals surface area contributed by atoms with Gasteiger partial charge in [-0.05, 0) is 31.6 Å². The molecule has 2 amide bonds. The Hall–Kier alpha value is -2.65. The Morgan fingerprint density at radius 1 is 0.793 bits per heavy atom. The zero-order valence-electron chi connectivity index (χ0n) is 17.1. The molecule has 10 heteroatoms. The number of aliphatic carboxylic acids is 3. The van der Waals surface area contributed by atoms with E-state index in [1.165, 1.54) is 4.90 Å². The van der Waals surface area contributed by atoms with E-state index in [1.807, 2.05) is 13.8 Å². The number of carboxylic acids is 3. The lowest BCUT2D eigenvalue weighted by molar-refractivity contribution is -0.143. The summed E-state index contributed by atoms with van der Waals surface area (Å²) in [6.45, 7) is 3.98. The monoisotopic (exact) mass is 416 g/mol. The van der Waals surface area contributed by atoms with Crippen LogP contribution in [0.15, 0.2) is 0 Å². The van der Waals surface area contributed by atoms with Gasteiger partial charge in [0.15, 0.2) is 0 Å². The normalized spacial score (nSPS) is 11.7. The second kappa shape index (κ2) is 14.4. The Morgan fingerprint density at radius 2 is 1.31 bits per heavy atom. The van der Waals surface area contributed by atoms with Crippen molar-refractivity contribution in [3.63, 3.8) is 0 Å². The third-order valence-corrected chi connectivity index (χ3v) is 4.13. The molecule has 0 saturated carbocycles. The first-order valence-electron chi connectivity index (χ1n) is 9.77. The van der Waals surface area contributed by atoms with Crippen molar-refractivity contribution in [2.45, 2.75) is 71.3 Å². The van der Waals surface area contributed by atoms with Crippen LogP contribution in [0.4, 0.5) is 0 Å². The van der Waals surface area contributed by atoms with E-state index in [0.29, 0.717) is 6.42 Å². The molecule has 10 nitrogen and oxygen atoms in total. The van der Waals surface area contributed by atoms with Crippen LogP contribution in [0, 0.1) is 5.92 Å². The number of amides is 2. The van der Waals surface area contributed by atoms with E-state index >= 15 is 0 Å². The Balaban J connectivity index is 5.21. The number of rotatable bonds is 16. The van der Waals surface area contributed by atoms with Gasteiger partial charge in [-0.25, -0.2) is 0 Å². The van der Waals surface area contributed by atoms with E-state index in [9.17, 15) is 24.0 Å². The third-order valence-electron chi connectivity index (χ3n) is 4.13. The lowest BCUT2D eigenvalue weighted by Gasteiger charge is -2.32. The fourth-order valence-corrected chi connectivity index (χ4v) is 2.78. The van der Waals surface area contributed by atoms with Crippen molar-refractivity contribution in [1.82, 2.24) is 10.2 Å². The van der Waals surface area contributed by atoms with Crippen molar-refractivity contribution in [3.05, 3.63) is 0 Å². The van der Waals surface area contributed by atoms with Crippen LogP contribution >= 0.6 is 0 Å². The molecule has 0 bridgehead atoms. The van der Waals surface area contributed by atoms with Crippen molar-refractivity contribution in [1.29, 1.82) is 0 Å². The molecule has 0 aliphatic carbocycles. The van der Waals surface area contributed by atoms with E-state index in [0.717, 1.165) is 0 Å². The number of carbonyl (C=O) groups excluding carboxylic acids is 2. The van der Waals surface area contributed by atoms with Crippen molar-refractivity contribution in [2.24, 2.45) is 5.92 Å². The second-order valence-electron chi connectivity index (χ2n) is 7.27. The minimum absolute atomic E-state index is 0.0553. The van der Waals surface area contributed by atoms with Gasteiger partial charge in [0, 0.05) is 38.8 Å². The predicted molar refractivity (Wildman–Crippen MR) is 103 cm³/mol. The predicted octanol–water partition coefficient (Wildman–Crippen LogP) is 1.33. The highest BCUT2D eigenvalue weighted by atomic mass is 16.4. The molecule has 0 aliphatic rings. The summed E-state index contributed by atoms with van der Waals surface area (Å²) in [5.41, 5.74) is 0. The Labute approximate surface area is 170 Å². The largest absolute Gasteiger partial charge is 0.481 e. The molecule has 0 spiro atoms. The summed E-state index contributed by atoms with van der Waals surface area (Å²) in [4.78, 5) is 58.8. The van der Waals surface area contributed by atoms with E-state index in [2.05, 4.69) is 5.32 Å². The summed E-state index contributed by atoms with van der Waals surface area (Å²) in [6, 6.07) is -0.828. The van der Waals surface area contributed by atoms with E-state index in [4.69, 9.17) is 15.3 Å². The highest BCUT2D eigenvalue weighted by Crippen LogP contribution is 2.16. The highest BCUT2D eigenvalue weighted by molar-refractivity contribution is 5.88. The van der Waals surface area contributed by atoms with Gasteiger partial charge in [0.25, 0.3) is 0 Å². The molecular formula is C19H32N2O8. The number of carboxylic acid groups (broad SMARTS) is 3. The van der Waals surface area contributed by atoms with Gasteiger partial charge in [0.05, 0.1) is 0 Å². The van der Waals surface area contributed by atoms with Gasteiger partial charge in [0.2, 0.25) is 11.8 Å². The molecule has 166 valence electrons. The first-order chi connectivity index (χ1) is 13.5. The maximum Gasteiger partial charge on any atom is 0.303 e. The van der Waals surface area contributed by atoms with Gasteiger partial charge in [0.1, 0.15) is 6.04 Å². The summed E-state index contributed by atoms with van der Waals surface area (Å²) in [5.74, 6) is -3.76. The number of nitrogens with zero attached hydrogens (tertiary/aromatic N) is 1. The van der Waals surface area contributed by atoms with Gasteiger partial charge < -0.3 is 25.5 Å². The van der Waals surface area contributed by atoms with Crippen LogP contribution in [0.1, 0.15) is 65.2 Å². The molecule has 0 aromatic rings. The lowest BCUT2D eigenvalue weighted by atomic mass is 10.00. The topological polar surface area (TPSA) is 161 Å². The van der Waals surface area contributed by atoms with E-state index in [1.54, 1.807) is 0 Å². The number of hydrogen-bond donors (Lipinski definition) is 4. The third kappa shape index (κ3) is 13.2. The summed E-state index contributed by atoms with van der Waals surface area (Å²) >= 11 is 0. The maximum absolute atomic E-state index is 12.7. The number of nitrogens with one attached hydrogen (secondary N) is 1. The van der Waals surface area contributed by atoms with Crippen molar-refractivity contribution < 1.29 is 39.3 Å². The summed E-state index contributed by atoms with van der Waals surface area (Å²) in [5, 5.41) is 28.9. The second-order valence-corrected chi connectivity index (χ2v) is 7.27. The molecule has 0 radical (unpaired) electrons. The molecule has 29 heavy (non-hydrogen) atoms. The lowest BCUT2D eigenvalue weighted by Crippen LogP contribution is -2.50. The number of hydrogen-bond acceptors (Lipinski definition) is 5. The average molecular weight is 416 g/mol. The molecule has 0 heterocycles. The van der Waals surface area contributed by atoms with Gasteiger partial charge in [-0.15, -0.1) is 0 Å². The van der Waals surface area contributed by atoms with Crippen LogP contribution in [-0.2, 0) is 24.0 Å². The summed E-state index contributed by atoms with van der Waals surface area (Å²) < 4.78 is 0. The molecule has 1 unspecified atom stereocenters. The molecule has 0 saturated heterocycles. The minimum Gasteiger partial charge on any atom is -0.481 e. The van der Waals surface area contributed by atoms with Crippen LogP contribution in [-0.4, -0.2) is 69.1 Å². The summed E-state index contributed by atoms with van der Waals surface area (Å²) in [6.07, 6.45) is 0.410. The zero-order chi connectivity index (χ0) is 22.4. The zero-order valence-corrected chi connectivity index (χ0v) is 17.1. The van der Waals surface area contributed by atoms with Gasteiger partial charge in [-0.1, -0.05) is 13.8 Å². The van der Waals surface area contributed by atoms with Crippen molar-refractivity contribution in [2.75, 3.05) is 13.1 Å². The van der Waals surface area contributed by atoms with Crippen LogP contribution in [0.25, 0.3) is 0 Å². The minimum atomic E-state index is -1.02. The van der Waals surface area contributed by atoms with Crippen LogP contribution in [0.5, 0.6) is 0 Å². The first kappa shape index (κ1) is 26.4. The van der Waals surface area contributed by atoms with Crippen molar-refractivity contribution in [3.8, 4) is 0 Å². The average Bonchev–Trinajstić information content (AvgIpc) is 2.59. The smallest absolute Gasteiger partial charge is 0.303 e. The van der Waals surface area contributed by atoms with E-state index < -0.39 is 35.8 Å².